The van der Waals surface area contributed by atoms with Crippen molar-refractivity contribution in [3.63, 3.8) is 0 Å². The summed E-state index contributed by atoms with van der Waals surface area (Å²) in [5, 5.41) is 5.37. The Morgan fingerprint density at radius 3 is 2.53 bits per heavy atom. The van der Waals surface area contributed by atoms with Crippen molar-refractivity contribution >= 4 is 29.0 Å². The lowest BCUT2D eigenvalue weighted by Gasteiger charge is -2.04. The molecule has 19 heavy (non-hydrogen) atoms. The lowest BCUT2D eigenvalue weighted by molar-refractivity contribution is 0.0992. The summed E-state index contributed by atoms with van der Waals surface area (Å²) < 4.78 is 1.58. The van der Waals surface area contributed by atoms with Crippen molar-refractivity contribution < 1.29 is 4.79 Å². The predicted octanol–water partition coefficient (Wildman–Crippen LogP) is 3.77. The summed E-state index contributed by atoms with van der Waals surface area (Å²) in [5.74, 6) is 0.0118. The Bertz CT molecular complexity index is 647. The van der Waals surface area contributed by atoms with Crippen molar-refractivity contribution in [1.29, 1.82) is 0 Å². The summed E-state index contributed by atoms with van der Waals surface area (Å²) in [6.07, 6.45) is 0.250. The first-order chi connectivity index (χ1) is 8.90. The maximum absolute atomic E-state index is 12.3. The van der Waals surface area contributed by atoms with E-state index in [2.05, 4.69) is 5.10 Å². The van der Waals surface area contributed by atoms with Crippen LogP contribution in [-0.4, -0.2) is 15.6 Å². The van der Waals surface area contributed by atoms with Crippen LogP contribution in [0.4, 0.5) is 0 Å². The highest BCUT2D eigenvalue weighted by Crippen LogP contribution is 2.22. The van der Waals surface area contributed by atoms with Gasteiger partial charge in [0, 0.05) is 29.6 Å². The van der Waals surface area contributed by atoms with Crippen LogP contribution in [0.1, 0.15) is 27.2 Å². The zero-order valence-electron chi connectivity index (χ0n) is 11.0. The number of nitrogens with zero attached hydrogens (tertiary/aromatic N) is 2. The molecule has 0 spiro atoms. The molecule has 0 aliphatic carbocycles. The molecular formula is C14H14Cl2N2O. The van der Waals surface area contributed by atoms with Gasteiger partial charge in [-0.15, -0.1) is 0 Å². The number of aromatic nitrogens is 2. The number of carbonyl (C=O) groups excluding carboxylic acids is 1. The van der Waals surface area contributed by atoms with E-state index in [0.29, 0.717) is 15.7 Å². The normalized spacial score (nSPS) is 10.8. The molecule has 3 nitrogen and oxygen atoms in total. The maximum atomic E-state index is 12.3. The molecular weight excluding hydrogens is 283 g/mol. The van der Waals surface area contributed by atoms with Gasteiger partial charge < -0.3 is 0 Å². The van der Waals surface area contributed by atoms with Gasteiger partial charge in [0.15, 0.2) is 5.78 Å². The van der Waals surface area contributed by atoms with Crippen molar-refractivity contribution in [2.75, 3.05) is 0 Å². The molecule has 0 radical (unpaired) electrons. The van der Waals surface area contributed by atoms with E-state index < -0.39 is 0 Å². The van der Waals surface area contributed by atoms with Crippen molar-refractivity contribution in [3.8, 4) is 0 Å². The highest BCUT2D eigenvalue weighted by Gasteiger charge is 2.16. The first-order valence-electron chi connectivity index (χ1n) is 5.87. The second-order valence-corrected chi connectivity index (χ2v) is 5.31. The quantitative estimate of drug-likeness (QED) is 0.808. The van der Waals surface area contributed by atoms with Crippen LogP contribution in [0.15, 0.2) is 18.2 Å². The minimum atomic E-state index is 0.0118. The van der Waals surface area contributed by atoms with Crippen LogP contribution < -0.4 is 0 Å². The van der Waals surface area contributed by atoms with Crippen LogP contribution in [0.25, 0.3) is 0 Å². The summed E-state index contributed by atoms with van der Waals surface area (Å²) in [6, 6.07) is 5.27. The number of ketones is 1. The number of aryl methyl sites for hydroxylation is 3. The standard InChI is InChI=1S/C14H14Cl2N2O/c1-8-6-10(4-5-12(8)15)13(19)7-11-9(2)17-18(3)14(11)16/h4-6H,7H2,1-3H3. The molecule has 0 amide bonds. The average molecular weight is 297 g/mol. The Morgan fingerprint density at radius 1 is 1.32 bits per heavy atom. The molecule has 0 atom stereocenters. The smallest absolute Gasteiger partial charge is 0.167 e. The predicted molar refractivity (Wildman–Crippen MR) is 77.2 cm³/mol. The number of rotatable bonds is 3. The Morgan fingerprint density at radius 2 is 2.00 bits per heavy atom. The molecule has 2 rings (SSSR count). The number of hydrogen-bond acceptors (Lipinski definition) is 2. The number of benzene rings is 1. The topological polar surface area (TPSA) is 34.9 Å². The largest absolute Gasteiger partial charge is 0.294 e. The van der Waals surface area contributed by atoms with Crippen molar-refractivity contribution in [2.24, 2.45) is 7.05 Å². The fourth-order valence-electron chi connectivity index (χ4n) is 1.96. The number of Topliss-reactive ketones (excluding diaryl/α,β-unsaturated/α-hetero) is 1. The highest BCUT2D eigenvalue weighted by molar-refractivity contribution is 6.31. The van der Waals surface area contributed by atoms with Gasteiger partial charge in [0.25, 0.3) is 0 Å². The number of carbonyl (C=O) groups is 1. The minimum Gasteiger partial charge on any atom is -0.294 e. The minimum absolute atomic E-state index is 0.0118. The van der Waals surface area contributed by atoms with E-state index in [1.165, 1.54) is 0 Å². The molecule has 2 aromatic rings. The molecule has 0 aliphatic rings. The van der Waals surface area contributed by atoms with Gasteiger partial charge in [-0.3, -0.25) is 9.48 Å². The average Bonchev–Trinajstić information content (AvgIpc) is 2.59. The third-order valence-electron chi connectivity index (χ3n) is 3.09. The van der Waals surface area contributed by atoms with Crippen molar-refractivity contribution in [1.82, 2.24) is 9.78 Å². The summed E-state index contributed by atoms with van der Waals surface area (Å²) in [5.41, 5.74) is 3.09. The third kappa shape index (κ3) is 2.82. The molecule has 0 saturated carbocycles. The molecule has 1 aromatic carbocycles. The van der Waals surface area contributed by atoms with E-state index in [1.54, 1.807) is 29.9 Å². The fourth-order valence-corrected chi connectivity index (χ4v) is 2.31. The van der Waals surface area contributed by atoms with Gasteiger partial charge in [0.2, 0.25) is 0 Å². The second kappa shape index (κ2) is 5.35. The van der Waals surface area contributed by atoms with E-state index in [4.69, 9.17) is 23.2 Å². The molecule has 100 valence electrons. The molecule has 5 heteroatoms. The Balaban J connectivity index is 2.28. The highest BCUT2D eigenvalue weighted by atomic mass is 35.5. The monoisotopic (exact) mass is 296 g/mol. The molecule has 1 heterocycles. The Labute approximate surface area is 122 Å². The summed E-state index contributed by atoms with van der Waals surface area (Å²) in [6.45, 7) is 3.73. The first kappa shape index (κ1) is 14.1. The molecule has 0 fully saturated rings. The van der Waals surface area contributed by atoms with Gasteiger partial charge in [-0.05, 0) is 37.6 Å². The molecule has 0 saturated heterocycles. The van der Waals surface area contributed by atoms with Gasteiger partial charge in [-0.1, -0.05) is 23.2 Å². The first-order valence-corrected chi connectivity index (χ1v) is 6.63. The second-order valence-electron chi connectivity index (χ2n) is 4.54. The maximum Gasteiger partial charge on any atom is 0.167 e. The lowest BCUT2D eigenvalue weighted by Crippen LogP contribution is -2.05. The van der Waals surface area contributed by atoms with Crippen LogP contribution in [-0.2, 0) is 13.5 Å². The zero-order valence-corrected chi connectivity index (χ0v) is 12.5. The van der Waals surface area contributed by atoms with Crippen LogP contribution >= 0.6 is 23.2 Å². The number of halogens is 2. The van der Waals surface area contributed by atoms with E-state index in [1.807, 2.05) is 13.8 Å². The Hall–Kier alpha value is -1.32. The third-order valence-corrected chi connectivity index (χ3v) is 3.98. The van der Waals surface area contributed by atoms with Gasteiger partial charge >= 0.3 is 0 Å². The number of hydrogen-bond donors (Lipinski definition) is 0. The molecule has 1 aromatic heterocycles. The molecule has 0 unspecified atom stereocenters. The van der Waals surface area contributed by atoms with E-state index in [0.717, 1.165) is 16.8 Å². The Kier molecular flexibility index (Phi) is 3.97. The van der Waals surface area contributed by atoms with Gasteiger partial charge in [-0.2, -0.15) is 5.10 Å². The van der Waals surface area contributed by atoms with E-state index >= 15 is 0 Å². The zero-order chi connectivity index (χ0) is 14.2. The molecule has 0 aliphatic heterocycles. The van der Waals surface area contributed by atoms with Crippen LogP contribution in [0.5, 0.6) is 0 Å². The summed E-state index contributed by atoms with van der Waals surface area (Å²) in [4.78, 5) is 12.3. The SMILES string of the molecule is Cc1cc(C(=O)Cc2c(C)nn(C)c2Cl)ccc1Cl. The summed E-state index contributed by atoms with van der Waals surface area (Å²) in [7, 11) is 1.76. The van der Waals surface area contributed by atoms with Crippen LogP contribution in [0, 0.1) is 13.8 Å². The van der Waals surface area contributed by atoms with Gasteiger partial charge in [0.05, 0.1) is 5.69 Å². The van der Waals surface area contributed by atoms with Crippen molar-refractivity contribution in [2.45, 2.75) is 20.3 Å². The fraction of sp³-hybridized carbons (Fsp3) is 0.286. The van der Waals surface area contributed by atoms with Crippen LogP contribution in [0.3, 0.4) is 0 Å². The molecule has 0 bridgehead atoms. The van der Waals surface area contributed by atoms with E-state index in [9.17, 15) is 4.79 Å². The lowest BCUT2D eigenvalue weighted by atomic mass is 10.0. The van der Waals surface area contributed by atoms with Crippen LogP contribution in [0.2, 0.25) is 10.2 Å². The molecule has 0 N–H and O–H groups in total. The van der Waals surface area contributed by atoms with Gasteiger partial charge in [-0.25, -0.2) is 0 Å². The summed E-state index contributed by atoms with van der Waals surface area (Å²) >= 11 is 12.1. The van der Waals surface area contributed by atoms with Gasteiger partial charge in [0.1, 0.15) is 5.15 Å². The van der Waals surface area contributed by atoms with Crippen molar-refractivity contribution in [3.05, 3.63) is 50.8 Å². The van der Waals surface area contributed by atoms with E-state index in [-0.39, 0.29) is 12.2 Å².